The minimum atomic E-state index is -0.749. The topological polar surface area (TPSA) is 70.2 Å². The van der Waals surface area contributed by atoms with E-state index in [0.29, 0.717) is 0 Å². The maximum absolute atomic E-state index is 13.7. The van der Waals surface area contributed by atoms with Gasteiger partial charge in [-0.2, -0.15) is 10.4 Å². The highest BCUT2D eigenvalue weighted by atomic mass is 19.1. The van der Waals surface area contributed by atoms with E-state index >= 15 is 0 Å². The van der Waals surface area contributed by atoms with Crippen molar-refractivity contribution in [2.24, 2.45) is 5.10 Å². The third kappa shape index (κ3) is 3.46. The van der Waals surface area contributed by atoms with Crippen LogP contribution in [0.2, 0.25) is 0 Å². The fourth-order valence-corrected chi connectivity index (χ4v) is 2.43. The number of rotatable bonds is 4. The Kier molecular flexibility index (Phi) is 4.91. The molecule has 2 rings (SSSR count). The van der Waals surface area contributed by atoms with E-state index in [4.69, 9.17) is 5.26 Å². The number of nitriles is 1. The minimum absolute atomic E-state index is 0.153. The standard InChI is InChI=1S/C17H17FN4O/c1-4-22-11(2)7-14(12(22)3)10-20-21-17(23)15-6-5-13(9-19)8-16(15)18/h5-8,10H,4H2,1-3H3,(H,21,23)/b20-10+. The van der Waals surface area contributed by atoms with Crippen LogP contribution in [0.15, 0.2) is 29.4 Å². The van der Waals surface area contributed by atoms with E-state index < -0.39 is 11.7 Å². The van der Waals surface area contributed by atoms with Gasteiger partial charge in [0.15, 0.2) is 0 Å². The van der Waals surface area contributed by atoms with Crippen molar-refractivity contribution in [3.05, 3.63) is 58.2 Å². The monoisotopic (exact) mass is 312 g/mol. The second-order valence-electron chi connectivity index (χ2n) is 5.08. The zero-order valence-corrected chi connectivity index (χ0v) is 13.2. The van der Waals surface area contributed by atoms with Gasteiger partial charge in [0.2, 0.25) is 0 Å². The van der Waals surface area contributed by atoms with Crippen molar-refractivity contribution in [2.45, 2.75) is 27.3 Å². The first-order valence-corrected chi connectivity index (χ1v) is 7.17. The number of aromatic nitrogens is 1. The Hall–Kier alpha value is -2.94. The lowest BCUT2D eigenvalue weighted by Gasteiger charge is -2.04. The van der Waals surface area contributed by atoms with Crippen molar-refractivity contribution in [2.75, 3.05) is 0 Å². The predicted octanol–water partition coefficient (Wildman–Crippen LogP) is 2.90. The molecule has 0 aliphatic carbocycles. The number of hydrogen-bond acceptors (Lipinski definition) is 3. The zero-order chi connectivity index (χ0) is 17.0. The second kappa shape index (κ2) is 6.88. The van der Waals surface area contributed by atoms with Crippen molar-refractivity contribution in [3.63, 3.8) is 0 Å². The fraction of sp³-hybridized carbons (Fsp3) is 0.235. The zero-order valence-electron chi connectivity index (χ0n) is 13.2. The average molecular weight is 312 g/mol. The molecule has 0 atom stereocenters. The molecule has 0 radical (unpaired) electrons. The number of hydrazone groups is 1. The molecule has 0 spiro atoms. The first-order chi connectivity index (χ1) is 11.0. The summed E-state index contributed by atoms with van der Waals surface area (Å²) in [5.41, 5.74) is 5.36. The third-order valence-corrected chi connectivity index (χ3v) is 3.64. The maximum Gasteiger partial charge on any atom is 0.274 e. The summed E-state index contributed by atoms with van der Waals surface area (Å²) in [6, 6.07) is 7.46. The highest BCUT2D eigenvalue weighted by Gasteiger charge is 2.11. The molecule has 0 aliphatic heterocycles. The van der Waals surface area contributed by atoms with Crippen molar-refractivity contribution >= 4 is 12.1 Å². The maximum atomic E-state index is 13.7. The highest BCUT2D eigenvalue weighted by molar-refractivity contribution is 5.95. The molecule has 5 nitrogen and oxygen atoms in total. The molecular formula is C17H17FN4O. The third-order valence-electron chi connectivity index (χ3n) is 3.64. The van der Waals surface area contributed by atoms with E-state index in [9.17, 15) is 9.18 Å². The molecule has 0 unspecified atom stereocenters. The summed E-state index contributed by atoms with van der Waals surface area (Å²) in [4.78, 5) is 11.9. The van der Waals surface area contributed by atoms with Crippen LogP contribution in [0.4, 0.5) is 4.39 Å². The number of hydrogen-bond donors (Lipinski definition) is 1. The molecule has 23 heavy (non-hydrogen) atoms. The van der Waals surface area contributed by atoms with Crippen molar-refractivity contribution < 1.29 is 9.18 Å². The van der Waals surface area contributed by atoms with Crippen LogP contribution in [0, 0.1) is 31.0 Å². The van der Waals surface area contributed by atoms with Crippen LogP contribution in [0.1, 0.15) is 39.8 Å². The molecule has 1 aromatic heterocycles. The molecule has 0 fully saturated rings. The van der Waals surface area contributed by atoms with E-state index in [-0.39, 0.29) is 11.1 Å². The lowest BCUT2D eigenvalue weighted by atomic mass is 10.1. The second-order valence-corrected chi connectivity index (χ2v) is 5.08. The molecule has 2 aromatic rings. The van der Waals surface area contributed by atoms with Gasteiger partial charge in [-0.25, -0.2) is 9.82 Å². The van der Waals surface area contributed by atoms with E-state index in [1.54, 1.807) is 0 Å². The fourth-order valence-electron chi connectivity index (χ4n) is 2.43. The van der Waals surface area contributed by atoms with E-state index in [1.807, 2.05) is 26.0 Å². The number of carbonyl (C=O) groups excluding carboxylic acids is 1. The van der Waals surface area contributed by atoms with Crippen LogP contribution >= 0.6 is 0 Å². The number of nitrogens with one attached hydrogen (secondary N) is 1. The van der Waals surface area contributed by atoms with Gasteiger partial charge in [0.05, 0.1) is 23.4 Å². The molecule has 0 aliphatic rings. The molecule has 1 aromatic carbocycles. The van der Waals surface area contributed by atoms with E-state index in [2.05, 4.69) is 22.0 Å². The first-order valence-electron chi connectivity index (χ1n) is 7.17. The van der Waals surface area contributed by atoms with Gasteiger partial charge in [-0.05, 0) is 45.0 Å². The molecule has 0 bridgehead atoms. The Morgan fingerprint density at radius 2 is 2.17 bits per heavy atom. The van der Waals surface area contributed by atoms with Gasteiger partial charge < -0.3 is 4.57 Å². The summed E-state index contributed by atoms with van der Waals surface area (Å²) >= 11 is 0. The molecule has 1 heterocycles. The smallest absolute Gasteiger partial charge is 0.274 e. The lowest BCUT2D eigenvalue weighted by molar-refractivity contribution is 0.0951. The van der Waals surface area contributed by atoms with Crippen LogP contribution in [-0.2, 0) is 6.54 Å². The summed E-state index contributed by atoms with van der Waals surface area (Å²) in [5.74, 6) is -1.41. The number of amides is 1. The predicted molar refractivity (Wildman–Crippen MR) is 85.8 cm³/mol. The number of benzene rings is 1. The van der Waals surface area contributed by atoms with E-state index in [1.165, 1.54) is 18.3 Å². The van der Waals surface area contributed by atoms with Gasteiger partial charge in [0.25, 0.3) is 5.91 Å². The number of halogens is 1. The molecule has 6 heteroatoms. The Balaban J connectivity index is 2.12. The summed E-state index contributed by atoms with van der Waals surface area (Å²) in [7, 11) is 0. The molecule has 118 valence electrons. The lowest BCUT2D eigenvalue weighted by Crippen LogP contribution is -2.19. The Labute approximate surface area is 134 Å². The van der Waals surface area contributed by atoms with Crippen LogP contribution in [0.3, 0.4) is 0 Å². The normalized spacial score (nSPS) is 10.7. The van der Waals surface area contributed by atoms with Crippen LogP contribution in [0.5, 0.6) is 0 Å². The largest absolute Gasteiger partial charge is 0.349 e. The van der Waals surface area contributed by atoms with Crippen molar-refractivity contribution in [1.82, 2.24) is 9.99 Å². The summed E-state index contributed by atoms with van der Waals surface area (Å²) in [5, 5.41) is 12.6. The van der Waals surface area contributed by atoms with Crippen LogP contribution in [0.25, 0.3) is 0 Å². The summed E-state index contributed by atoms with van der Waals surface area (Å²) in [6.45, 7) is 6.88. The van der Waals surface area contributed by atoms with E-state index in [0.717, 1.165) is 29.6 Å². The molecule has 1 N–H and O–H groups in total. The van der Waals surface area contributed by atoms with Crippen LogP contribution in [-0.4, -0.2) is 16.7 Å². The number of nitrogens with zero attached hydrogens (tertiary/aromatic N) is 3. The molecule has 0 saturated carbocycles. The molecule has 0 saturated heterocycles. The van der Waals surface area contributed by atoms with Gasteiger partial charge in [-0.15, -0.1) is 0 Å². The summed E-state index contributed by atoms with van der Waals surface area (Å²) < 4.78 is 15.9. The number of carbonyl (C=O) groups is 1. The minimum Gasteiger partial charge on any atom is -0.349 e. The van der Waals surface area contributed by atoms with Gasteiger partial charge in [0, 0.05) is 23.5 Å². The van der Waals surface area contributed by atoms with Crippen LogP contribution < -0.4 is 5.43 Å². The quantitative estimate of drug-likeness (QED) is 0.696. The van der Waals surface area contributed by atoms with Gasteiger partial charge in [0.1, 0.15) is 5.82 Å². The molecule has 1 amide bonds. The highest BCUT2D eigenvalue weighted by Crippen LogP contribution is 2.13. The Morgan fingerprint density at radius 3 is 2.74 bits per heavy atom. The Bertz CT molecular complexity index is 815. The van der Waals surface area contributed by atoms with Crippen molar-refractivity contribution in [1.29, 1.82) is 5.26 Å². The van der Waals surface area contributed by atoms with Gasteiger partial charge in [-0.1, -0.05) is 0 Å². The van der Waals surface area contributed by atoms with Gasteiger partial charge in [-0.3, -0.25) is 4.79 Å². The average Bonchev–Trinajstić information content (AvgIpc) is 2.80. The van der Waals surface area contributed by atoms with Gasteiger partial charge >= 0.3 is 0 Å². The van der Waals surface area contributed by atoms with Crippen molar-refractivity contribution in [3.8, 4) is 6.07 Å². The Morgan fingerprint density at radius 1 is 1.43 bits per heavy atom. The summed E-state index contributed by atoms with van der Waals surface area (Å²) in [6.07, 6.45) is 1.54. The first kappa shape index (κ1) is 16.4. The SMILES string of the molecule is CCn1c(C)cc(/C=N/NC(=O)c2ccc(C#N)cc2F)c1C. The number of aryl methyl sites for hydroxylation is 1. The molecular weight excluding hydrogens is 295 g/mol.